The lowest BCUT2D eigenvalue weighted by molar-refractivity contribution is 0.181. The summed E-state index contributed by atoms with van der Waals surface area (Å²) in [6.45, 7) is 3.10. The number of para-hydroxylation sites is 1. The zero-order chi connectivity index (χ0) is 17.8. The molecule has 0 spiro atoms. The Balaban J connectivity index is 1.50. The molecule has 26 heavy (non-hydrogen) atoms. The standard InChI is InChI=1S/C19H23N5O2/c1-25-13-16-10-18(24-19(22-16)20-14-21-24)23-9-5-6-15(11-23)12-26-17-7-3-2-4-8-17/h2-4,7-8,10,14-15H,5-6,9,11-13H2,1H3. The van der Waals surface area contributed by atoms with Crippen LogP contribution in [-0.2, 0) is 11.3 Å². The molecule has 7 heteroatoms. The molecule has 1 aliphatic rings. The summed E-state index contributed by atoms with van der Waals surface area (Å²) in [4.78, 5) is 11.1. The highest BCUT2D eigenvalue weighted by Gasteiger charge is 2.23. The van der Waals surface area contributed by atoms with Crippen LogP contribution in [0.25, 0.3) is 5.78 Å². The van der Waals surface area contributed by atoms with Crippen LogP contribution in [0, 0.1) is 5.92 Å². The molecule has 1 aliphatic heterocycles. The van der Waals surface area contributed by atoms with E-state index in [-0.39, 0.29) is 0 Å². The third kappa shape index (κ3) is 3.62. The van der Waals surface area contributed by atoms with Crippen LogP contribution in [0.4, 0.5) is 5.82 Å². The van der Waals surface area contributed by atoms with Crippen LogP contribution < -0.4 is 9.64 Å². The van der Waals surface area contributed by atoms with Crippen LogP contribution in [0.5, 0.6) is 5.75 Å². The van der Waals surface area contributed by atoms with E-state index in [1.54, 1.807) is 18.0 Å². The van der Waals surface area contributed by atoms with E-state index in [2.05, 4.69) is 20.0 Å². The van der Waals surface area contributed by atoms with Gasteiger partial charge >= 0.3 is 0 Å². The smallest absolute Gasteiger partial charge is 0.254 e. The van der Waals surface area contributed by atoms with Crippen LogP contribution in [0.2, 0.25) is 0 Å². The van der Waals surface area contributed by atoms with Crippen molar-refractivity contribution >= 4 is 11.6 Å². The second-order valence-corrected chi connectivity index (χ2v) is 6.59. The minimum atomic E-state index is 0.463. The first kappa shape index (κ1) is 16.8. The highest BCUT2D eigenvalue weighted by Crippen LogP contribution is 2.25. The summed E-state index contributed by atoms with van der Waals surface area (Å²) in [5, 5.41) is 4.34. The van der Waals surface area contributed by atoms with Gasteiger partial charge in [0, 0.05) is 32.2 Å². The van der Waals surface area contributed by atoms with Crippen molar-refractivity contribution in [2.75, 3.05) is 31.7 Å². The van der Waals surface area contributed by atoms with E-state index in [0.29, 0.717) is 18.3 Å². The highest BCUT2D eigenvalue weighted by atomic mass is 16.5. The number of hydrogen-bond acceptors (Lipinski definition) is 6. The molecular weight excluding hydrogens is 330 g/mol. The fraction of sp³-hybridized carbons (Fsp3) is 0.421. The molecule has 1 atom stereocenters. The molecule has 0 saturated carbocycles. The second kappa shape index (κ2) is 7.70. The Labute approximate surface area is 152 Å². The van der Waals surface area contributed by atoms with Crippen molar-refractivity contribution < 1.29 is 9.47 Å². The molecule has 0 amide bonds. The lowest BCUT2D eigenvalue weighted by atomic mass is 9.99. The normalized spacial score (nSPS) is 17.6. The number of anilines is 1. The largest absolute Gasteiger partial charge is 0.493 e. The number of nitrogens with zero attached hydrogens (tertiary/aromatic N) is 5. The first-order valence-electron chi connectivity index (χ1n) is 8.95. The summed E-state index contributed by atoms with van der Waals surface area (Å²) in [7, 11) is 1.67. The van der Waals surface area contributed by atoms with Gasteiger partial charge in [-0.1, -0.05) is 18.2 Å². The van der Waals surface area contributed by atoms with E-state index < -0.39 is 0 Å². The summed E-state index contributed by atoms with van der Waals surface area (Å²) >= 11 is 0. The van der Waals surface area contributed by atoms with Gasteiger partial charge in [0.15, 0.2) is 0 Å². The SMILES string of the molecule is COCc1cc(N2CCCC(COc3ccccc3)C2)n2ncnc2n1. The minimum absolute atomic E-state index is 0.463. The molecule has 2 aromatic heterocycles. The van der Waals surface area contributed by atoms with E-state index in [1.807, 2.05) is 36.4 Å². The van der Waals surface area contributed by atoms with Crippen molar-refractivity contribution in [1.82, 2.24) is 19.6 Å². The van der Waals surface area contributed by atoms with Crippen LogP contribution in [-0.4, -0.2) is 46.4 Å². The Kier molecular flexibility index (Phi) is 4.97. The van der Waals surface area contributed by atoms with Gasteiger partial charge in [-0.25, -0.2) is 4.98 Å². The van der Waals surface area contributed by atoms with Gasteiger partial charge in [-0.3, -0.25) is 0 Å². The topological polar surface area (TPSA) is 64.8 Å². The van der Waals surface area contributed by atoms with Crippen molar-refractivity contribution in [3.63, 3.8) is 0 Å². The fourth-order valence-corrected chi connectivity index (χ4v) is 3.43. The van der Waals surface area contributed by atoms with Gasteiger partial charge < -0.3 is 14.4 Å². The summed E-state index contributed by atoms with van der Waals surface area (Å²) in [6.07, 6.45) is 3.84. The Morgan fingerprint density at radius 2 is 2.12 bits per heavy atom. The molecule has 0 aliphatic carbocycles. The number of hydrogen-bond donors (Lipinski definition) is 0. The summed E-state index contributed by atoms with van der Waals surface area (Å²) < 4.78 is 13.0. The third-order valence-electron chi connectivity index (χ3n) is 4.65. The Hall–Kier alpha value is -2.67. The summed E-state index contributed by atoms with van der Waals surface area (Å²) in [5.41, 5.74) is 0.866. The molecular formula is C19H23N5O2. The molecule has 0 N–H and O–H groups in total. The molecule has 7 nitrogen and oxygen atoms in total. The molecule has 0 radical (unpaired) electrons. The maximum Gasteiger partial charge on any atom is 0.254 e. The van der Waals surface area contributed by atoms with Crippen molar-refractivity contribution in [1.29, 1.82) is 0 Å². The monoisotopic (exact) mass is 353 g/mol. The van der Waals surface area contributed by atoms with Crippen LogP contribution in [0.3, 0.4) is 0 Å². The zero-order valence-corrected chi connectivity index (χ0v) is 14.9. The number of ether oxygens (including phenoxy) is 2. The van der Waals surface area contributed by atoms with E-state index in [9.17, 15) is 0 Å². The van der Waals surface area contributed by atoms with E-state index in [4.69, 9.17) is 9.47 Å². The van der Waals surface area contributed by atoms with Gasteiger partial charge in [0.2, 0.25) is 0 Å². The highest BCUT2D eigenvalue weighted by molar-refractivity contribution is 5.47. The van der Waals surface area contributed by atoms with Gasteiger partial charge in [-0.2, -0.15) is 14.6 Å². The van der Waals surface area contributed by atoms with E-state index >= 15 is 0 Å². The quantitative estimate of drug-likeness (QED) is 0.679. The number of rotatable bonds is 6. The summed E-state index contributed by atoms with van der Waals surface area (Å²) in [5.74, 6) is 3.03. The van der Waals surface area contributed by atoms with Crippen molar-refractivity contribution in [2.45, 2.75) is 19.4 Å². The molecule has 1 aromatic carbocycles. The second-order valence-electron chi connectivity index (χ2n) is 6.59. The van der Waals surface area contributed by atoms with Gasteiger partial charge in [0.1, 0.15) is 17.9 Å². The number of aromatic nitrogens is 4. The van der Waals surface area contributed by atoms with Gasteiger partial charge in [-0.05, 0) is 25.0 Å². The van der Waals surface area contributed by atoms with Crippen LogP contribution >= 0.6 is 0 Å². The third-order valence-corrected chi connectivity index (χ3v) is 4.65. The predicted molar refractivity (Wildman–Crippen MR) is 98.4 cm³/mol. The molecule has 1 unspecified atom stereocenters. The van der Waals surface area contributed by atoms with Crippen LogP contribution in [0.1, 0.15) is 18.5 Å². The number of piperidine rings is 1. The van der Waals surface area contributed by atoms with Crippen molar-refractivity contribution in [3.05, 3.63) is 48.4 Å². The predicted octanol–water partition coefficient (Wildman–Crippen LogP) is 2.57. The molecule has 4 rings (SSSR count). The van der Waals surface area contributed by atoms with Crippen molar-refractivity contribution in [3.8, 4) is 5.75 Å². The van der Waals surface area contributed by atoms with Gasteiger partial charge in [-0.15, -0.1) is 0 Å². The Bertz CT molecular complexity index is 852. The van der Waals surface area contributed by atoms with Gasteiger partial charge in [0.25, 0.3) is 5.78 Å². The van der Waals surface area contributed by atoms with Crippen molar-refractivity contribution in [2.24, 2.45) is 5.92 Å². The summed E-state index contributed by atoms with van der Waals surface area (Å²) in [6, 6.07) is 12.0. The number of methoxy groups -OCH3 is 1. The first-order valence-corrected chi connectivity index (χ1v) is 8.95. The van der Waals surface area contributed by atoms with E-state index in [0.717, 1.165) is 43.4 Å². The maximum absolute atomic E-state index is 5.97. The average molecular weight is 353 g/mol. The average Bonchev–Trinajstić information content (AvgIpc) is 3.16. The molecule has 1 fully saturated rings. The first-order chi connectivity index (χ1) is 12.8. The van der Waals surface area contributed by atoms with Crippen LogP contribution in [0.15, 0.2) is 42.7 Å². The maximum atomic E-state index is 5.97. The molecule has 3 heterocycles. The molecule has 136 valence electrons. The molecule has 3 aromatic rings. The fourth-order valence-electron chi connectivity index (χ4n) is 3.43. The lowest BCUT2D eigenvalue weighted by Crippen LogP contribution is -2.39. The number of benzene rings is 1. The molecule has 1 saturated heterocycles. The van der Waals surface area contributed by atoms with E-state index in [1.165, 1.54) is 6.42 Å². The Morgan fingerprint density at radius 3 is 2.96 bits per heavy atom. The molecule has 0 bridgehead atoms. The van der Waals surface area contributed by atoms with Gasteiger partial charge in [0.05, 0.1) is 18.9 Å². The minimum Gasteiger partial charge on any atom is -0.493 e. The number of fused-ring (bicyclic) bond motifs is 1. The zero-order valence-electron chi connectivity index (χ0n) is 14.9. The lowest BCUT2D eigenvalue weighted by Gasteiger charge is -2.34. The Morgan fingerprint density at radius 1 is 1.23 bits per heavy atom.